The monoisotopic (exact) mass is 432 g/mol. The molecule has 1 fully saturated rings. The van der Waals surface area contributed by atoms with Gasteiger partial charge in [-0.15, -0.1) is 0 Å². The number of ether oxygens (including phenoxy) is 1. The zero-order valence-electron chi connectivity index (χ0n) is 17.4. The van der Waals surface area contributed by atoms with Crippen LogP contribution in [0.15, 0.2) is 66.5 Å². The number of nitrogens with one attached hydrogen (secondary N) is 1. The first-order chi connectivity index (χ1) is 15.4. The lowest BCUT2D eigenvalue weighted by Gasteiger charge is -2.11. The number of imide groups is 1. The summed E-state index contributed by atoms with van der Waals surface area (Å²) in [7, 11) is 1.61. The minimum absolute atomic E-state index is 0.0197. The molecule has 0 saturated carbocycles. The number of urea groups is 1. The van der Waals surface area contributed by atoms with Gasteiger partial charge in [-0.1, -0.05) is 12.1 Å². The molecule has 0 aliphatic carbocycles. The number of nitro groups is 1. The van der Waals surface area contributed by atoms with E-state index in [0.29, 0.717) is 5.56 Å². The molecule has 0 bridgehead atoms. The number of rotatable bonds is 6. The second-order valence-corrected chi connectivity index (χ2v) is 7.29. The molecule has 0 radical (unpaired) electrons. The molecule has 1 saturated heterocycles. The Hall–Kier alpha value is -4.40. The predicted molar refractivity (Wildman–Crippen MR) is 117 cm³/mol. The molecule has 1 aliphatic heterocycles. The maximum atomic E-state index is 12.8. The minimum atomic E-state index is -0.536. The van der Waals surface area contributed by atoms with Crippen LogP contribution in [0.1, 0.15) is 16.8 Å². The first kappa shape index (κ1) is 20.9. The van der Waals surface area contributed by atoms with Crippen LogP contribution in [-0.4, -0.2) is 33.4 Å². The van der Waals surface area contributed by atoms with E-state index in [1.165, 1.54) is 24.3 Å². The summed E-state index contributed by atoms with van der Waals surface area (Å²) >= 11 is 0. The van der Waals surface area contributed by atoms with Gasteiger partial charge in [-0.05, 0) is 54.5 Å². The molecular formula is C23H20N4O5. The van der Waals surface area contributed by atoms with E-state index in [9.17, 15) is 19.7 Å². The SMILES string of the molecule is COc1ccc(-n2cc(/C=C3/NC(=O)N(Cc4ccc([N+](=O)[O-])cc4)C3=O)cc2C)cc1. The Bertz CT molecular complexity index is 1230. The molecule has 9 heteroatoms. The molecule has 1 N–H and O–H groups in total. The third-order valence-electron chi connectivity index (χ3n) is 5.15. The minimum Gasteiger partial charge on any atom is -0.497 e. The van der Waals surface area contributed by atoms with Gasteiger partial charge in [-0.25, -0.2) is 4.79 Å². The summed E-state index contributed by atoms with van der Waals surface area (Å²) in [5.74, 6) is 0.302. The fourth-order valence-electron chi connectivity index (χ4n) is 3.49. The van der Waals surface area contributed by atoms with Crippen molar-refractivity contribution >= 4 is 23.7 Å². The molecule has 3 aromatic rings. The Kier molecular flexibility index (Phi) is 5.46. The van der Waals surface area contributed by atoms with E-state index in [-0.39, 0.29) is 17.9 Å². The van der Waals surface area contributed by atoms with Crippen LogP contribution >= 0.6 is 0 Å². The first-order valence-electron chi connectivity index (χ1n) is 9.77. The number of benzene rings is 2. The van der Waals surface area contributed by atoms with Gasteiger partial charge in [-0.2, -0.15) is 0 Å². The molecule has 2 aromatic carbocycles. The van der Waals surface area contributed by atoms with Crippen molar-refractivity contribution < 1.29 is 19.2 Å². The zero-order valence-corrected chi connectivity index (χ0v) is 17.4. The van der Waals surface area contributed by atoms with Crippen LogP contribution in [0.3, 0.4) is 0 Å². The van der Waals surface area contributed by atoms with Gasteiger partial charge in [-0.3, -0.25) is 19.8 Å². The summed E-state index contributed by atoms with van der Waals surface area (Å²) in [6.45, 7) is 1.97. The van der Waals surface area contributed by atoms with E-state index in [0.717, 1.165) is 27.6 Å². The molecule has 0 spiro atoms. The topological polar surface area (TPSA) is 107 Å². The van der Waals surface area contributed by atoms with E-state index in [4.69, 9.17) is 4.74 Å². The second kappa shape index (κ2) is 8.38. The fourth-order valence-corrected chi connectivity index (χ4v) is 3.49. The largest absolute Gasteiger partial charge is 0.497 e. The van der Waals surface area contributed by atoms with Crippen LogP contribution in [0, 0.1) is 17.0 Å². The van der Waals surface area contributed by atoms with Gasteiger partial charge >= 0.3 is 6.03 Å². The molecule has 4 rings (SSSR count). The number of hydrogen-bond donors (Lipinski definition) is 1. The summed E-state index contributed by atoms with van der Waals surface area (Å²) in [4.78, 5) is 36.5. The lowest BCUT2D eigenvalue weighted by atomic mass is 10.2. The number of hydrogen-bond acceptors (Lipinski definition) is 5. The van der Waals surface area contributed by atoms with Gasteiger partial charge in [0.1, 0.15) is 11.4 Å². The van der Waals surface area contributed by atoms with E-state index < -0.39 is 16.9 Å². The van der Waals surface area contributed by atoms with Gasteiger partial charge in [0.15, 0.2) is 0 Å². The number of aryl methyl sites for hydroxylation is 1. The molecule has 1 aromatic heterocycles. The Morgan fingerprint density at radius 1 is 1.09 bits per heavy atom. The number of aromatic nitrogens is 1. The summed E-state index contributed by atoms with van der Waals surface area (Å²) in [5, 5.41) is 13.4. The molecule has 2 heterocycles. The van der Waals surface area contributed by atoms with Crippen LogP contribution in [0.4, 0.5) is 10.5 Å². The molecule has 1 aliphatic rings. The number of nitrogens with zero attached hydrogens (tertiary/aromatic N) is 3. The van der Waals surface area contributed by atoms with E-state index in [2.05, 4.69) is 5.32 Å². The molecular weight excluding hydrogens is 412 g/mol. The van der Waals surface area contributed by atoms with Crippen LogP contribution in [-0.2, 0) is 11.3 Å². The molecule has 32 heavy (non-hydrogen) atoms. The van der Waals surface area contributed by atoms with Crippen molar-refractivity contribution in [2.75, 3.05) is 7.11 Å². The highest BCUT2D eigenvalue weighted by atomic mass is 16.6. The van der Waals surface area contributed by atoms with E-state index in [1.807, 2.05) is 48.0 Å². The third kappa shape index (κ3) is 4.08. The van der Waals surface area contributed by atoms with Gasteiger partial charge in [0, 0.05) is 29.7 Å². The Morgan fingerprint density at radius 3 is 2.41 bits per heavy atom. The smallest absolute Gasteiger partial charge is 0.329 e. The van der Waals surface area contributed by atoms with Gasteiger partial charge in [0.2, 0.25) is 0 Å². The van der Waals surface area contributed by atoms with Crippen LogP contribution in [0.5, 0.6) is 5.75 Å². The molecule has 0 unspecified atom stereocenters. The maximum absolute atomic E-state index is 12.8. The standard InChI is InChI=1S/C23H20N4O5/c1-15-11-17(14-25(15)18-7-9-20(32-2)10-8-18)12-21-22(28)26(23(29)24-21)13-16-3-5-19(6-4-16)27(30)31/h3-12,14H,13H2,1-2H3,(H,24,29)/b21-12+. The summed E-state index contributed by atoms with van der Waals surface area (Å²) in [6.07, 6.45) is 3.51. The molecule has 162 valence electrons. The maximum Gasteiger partial charge on any atom is 0.329 e. The highest BCUT2D eigenvalue weighted by Gasteiger charge is 2.33. The fraction of sp³-hybridized carbons (Fsp3) is 0.130. The van der Waals surface area contributed by atoms with Gasteiger partial charge in [0.05, 0.1) is 18.6 Å². The van der Waals surface area contributed by atoms with Gasteiger partial charge < -0.3 is 14.6 Å². The number of non-ortho nitro benzene ring substituents is 1. The summed E-state index contributed by atoms with van der Waals surface area (Å²) in [5.41, 5.74) is 3.39. The Balaban J connectivity index is 1.53. The first-order valence-corrected chi connectivity index (χ1v) is 9.77. The summed E-state index contributed by atoms with van der Waals surface area (Å²) < 4.78 is 7.16. The van der Waals surface area contributed by atoms with Crippen molar-refractivity contribution in [2.45, 2.75) is 13.5 Å². The van der Waals surface area contributed by atoms with Crippen LogP contribution < -0.4 is 10.1 Å². The van der Waals surface area contributed by atoms with E-state index >= 15 is 0 Å². The Morgan fingerprint density at radius 2 is 1.78 bits per heavy atom. The van der Waals surface area contributed by atoms with Gasteiger partial charge in [0.25, 0.3) is 11.6 Å². The predicted octanol–water partition coefficient (Wildman–Crippen LogP) is 3.80. The lowest BCUT2D eigenvalue weighted by Crippen LogP contribution is -2.30. The second-order valence-electron chi connectivity index (χ2n) is 7.29. The highest BCUT2D eigenvalue weighted by molar-refractivity contribution is 6.13. The van der Waals surface area contributed by atoms with Crippen molar-refractivity contribution in [3.63, 3.8) is 0 Å². The van der Waals surface area contributed by atoms with Crippen LogP contribution in [0.25, 0.3) is 11.8 Å². The van der Waals surface area contributed by atoms with Crippen molar-refractivity contribution in [3.8, 4) is 11.4 Å². The zero-order chi connectivity index (χ0) is 22.8. The van der Waals surface area contributed by atoms with Crippen molar-refractivity contribution in [2.24, 2.45) is 0 Å². The number of amides is 3. The lowest BCUT2D eigenvalue weighted by molar-refractivity contribution is -0.384. The number of methoxy groups -OCH3 is 1. The summed E-state index contributed by atoms with van der Waals surface area (Å²) in [6, 6.07) is 14.7. The molecule has 9 nitrogen and oxygen atoms in total. The highest BCUT2D eigenvalue weighted by Crippen LogP contribution is 2.22. The third-order valence-corrected chi connectivity index (χ3v) is 5.15. The molecule has 3 amide bonds. The number of carbonyl (C=O) groups is 2. The number of nitro benzene ring substituents is 1. The Labute approximate surface area is 183 Å². The van der Waals surface area contributed by atoms with Crippen molar-refractivity contribution in [3.05, 3.63) is 93.4 Å². The molecule has 0 atom stereocenters. The average molecular weight is 432 g/mol. The average Bonchev–Trinajstić information content (AvgIpc) is 3.28. The quantitative estimate of drug-likeness (QED) is 0.276. The van der Waals surface area contributed by atoms with Crippen molar-refractivity contribution in [1.29, 1.82) is 0 Å². The van der Waals surface area contributed by atoms with Crippen molar-refractivity contribution in [1.82, 2.24) is 14.8 Å². The normalized spacial score (nSPS) is 14.7. The number of carbonyl (C=O) groups excluding carboxylic acids is 2. The van der Waals surface area contributed by atoms with E-state index in [1.54, 1.807) is 13.2 Å². The van der Waals surface area contributed by atoms with Crippen LogP contribution in [0.2, 0.25) is 0 Å².